The first-order chi connectivity index (χ1) is 6.70. The molecule has 0 aliphatic heterocycles. The van der Waals surface area contributed by atoms with Crippen LogP contribution in [-0.2, 0) is 0 Å². The van der Waals surface area contributed by atoms with Crippen molar-refractivity contribution in [2.45, 2.75) is 13.0 Å². The van der Waals surface area contributed by atoms with Gasteiger partial charge in [-0.15, -0.1) is 0 Å². The molecule has 1 unspecified atom stereocenters. The maximum absolute atomic E-state index is 5.24. The van der Waals surface area contributed by atoms with Crippen LogP contribution >= 0.6 is 0 Å². The Balaban J connectivity index is 2.53. The molecule has 0 N–H and O–H groups in total. The molecule has 0 saturated heterocycles. The summed E-state index contributed by atoms with van der Waals surface area (Å²) >= 11 is 0. The van der Waals surface area contributed by atoms with E-state index in [0.717, 1.165) is 16.7 Å². The lowest BCUT2D eigenvalue weighted by molar-refractivity contribution is 0.303. The Labute approximate surface area is 83.3 Å². The third-order valence-electron chi connectivity index (χ3n) is 2.58. The summed E-state index contributed by atoms with van der Waals surface area (Å²) in [5.41, 5.74) is 1.86. The Morgan fingerprint density at radius 1 is 1.29 bits per heavy atom. The summed E-state index contributed by atoms with van der Waals surface area (Å²) < 4.78 is 5.24. The highest BCUT2D eigenvalue weighted by Gasteiger charge is 2.15. The largest absolute Gasteiger partial charge is 0.356 e. The minimum Gasteiger partial charge on any atom is -0.356 e. The summed E-state index contributed by atoms with van der Waals surface area (Å²) in [5, 5.41) is 5.21. The average Bonchev–Trinajstić information content (AvgIpc) is 2.60. The molecule has 0 spiro atoms. The number of fused-ring (bicyclic) bond motifs is 1. The summed E-state index contributed by atoms with van der Waals surface area (Å²) in [4.78, 5) is 2.12. The van der Waals surface area contributed by atoms with Crippen LogP contribution in [0.3, 0.4) is 0 Å². The molecule has 1 atom stereocenters. The molecule has 1 aromatic carbocycles. The van der Waals surface area contributed by atoms with Crippen molar-refractivity contribution in [2.24, 2.45) is 0 Å². The molecule has 0 radical (unpaired) electrons. The van der Waals surface area contributed by atoms with Crippen LogP contribution in [0.4, 0.5) is 0 Å². The first kappa shape index (κ1) is 9.21. The second-order valence-electron chi connectivity index (χ2n) is 3.70. The van der Waals surface area contributed by atoms with E-state index in [4.69, 9.17) is 4.52 Å². The van der Waals surface area contributed by atoms with Crippen molar-refractivity contribution >= 4 is 11.0 Å². The third kappa shape index (κ3) is 1.40. The van der Waals surface area contributed by atoms with Gasteiger partial charge in [0.15, 0.2) is 5.58 Å². The van der Waals surface area contributed by atoms with Crippen molar-refractivity contribution in [1.82, 2.24) is 10.1 Å². The van der Waals surface area contributed by atoms with E-state index in [1.54, 1.807) is 0 Å². The van der Waals surface area contributed by atoms with Crippen molar-refractivity contribution in [3.8, 4) is 0 Å². The van der Waals surface area contributed by atoms with Gasteiger partial charge in [0.2, 0.25) is 0 Å². The first-order valence-electron chi connectivity index (χ1n) is 4.71. The Bertz CT molecular complexity index is 434. The lowest BCUT2D eigenvalue weighted by Crippen LogP contribution is -2.17. The zero-order chi connectivity index (χ0) is 10.1. The van der Waals surface area contributed by atoms with Crippen LogP contribution in [0.1, 0.15) is 18.7 Å². The molecule has 3 heteroatoms. The number of nitrogens with zero attached hydrogens (tertiary/aromatic N) is 2. The summed E-state index contributed by atoms with van der Waals surface area (Å²) in [5.74, 6) is 0. The quantitative estimate of drug-likeness (QED) is 0.728. The predicted octanol–water partition coefficient (Wildman–Crippen LogP) is 2.45. The lowest BCUT2D eigenvalue weighted by Gasteiger charge is -2.16. The third-order valence-corrected chi connectivity index (χ3v) is 2.58. The van der Waals surface area contributed by atoms with Gasteiger partial charge in [-0.05, 0) is 33.2 Å². The normalized spacial score (nSPS) is 13.7. The Kier molecular flexibility index (Phi) is 2.25. The fraction of sp³-hybridized carbons (Fsp3) is 0.364. The maximum Gasteiger partial charge on any atom is 0.167 e. The topological polar surface area (TPSA) is 29.3 Å². The molecular weight excluding hydrogens is 176 g/mol. The molecule has 0 aliphatic rings. The van der Waals surface area contributed by atoms with E-state index >= 15 is 0 Å². The van der Waals surface area contributed by atoms with Gasteiger partial charge < -0.3 is 9.42 Å². The minimum absolute atomic E-state index is 0.277. The van der Waals surface area contributed by atoms with Crippen molar-refractivity contribution in [1.29, 1.82) is 0 Å². The van der Waals surface area contributed by atoms with Gasteiger partial charge in [-0.3, -0.25) is 0 Å². The van der Waals surface area contributed by atoms with Crippen molar-refractivity contribution in [3.05, 3.63) is 30.0 Å². The molecule has 0 saturated carbocycles. The van der Waals surface area contributed by atoms with Crippen LogP contribution < -0.4 is 0 Å². The lowest BCUT2D eigenvalue weighted by atomic mass is 10.1. The smallest absolute Gasteiger partial charge is 0.167 e. The van der Waals surface area contributed by atoms with Gasteiger partial charge in [0.25, 0.3) is 0 Å². The van der Waals surface area contributed by atoms with E-state index in [9.17, 15) is 0 Å². The molecule has 0 fully saturated rings. The molecule has 14 heavy (non-hydrogen) atoms. The van der Waals surface area contributed by atoms with E-state index in [1.807, 2.05) is 38.4 Å². The molecule has 0 bridgehead atoms. The molecule has 3 nitrogen and oxygen atoms in total. The molecule has 0 amide bonds. The zero-order valence-electron chi connectivity index (χ0n) is 8.69. The highest BCUT2D eigenvalue weighted by atomic mass is 16.5. The molecule has 2 aromatic rings. The van der Waals surface area contributed by atoms with Crippen LogP contribution in [0.5, 0.6) is 0 Å². The SMILES string of the molecule is CC(c1noc2ccccc12)N(C)C. The van der Waals surface area contributed by atoms with Gasteiger partial charge in [0.05, 0.1) is 6.04 Å². The molecular formula is C11H14N2O. The monoisotopic (exact) mass is 190 g/mol. The van der Waals surface area contributed by atoms with E-state index in [1.165, 1.54) is 0 Å². The number of para-hydroxylation sites is 1. The summed E-state index contributed by atoms with van der Waals surface area (Å²) in [7, 11) is 4.07. The molecule has 2 rings (SSSR count). The Morgan fingerprint density at radius 3 is 2.71 bits per heavy atom. The number of aromatic nitrogens is 1. The van der Waals surface area contributed by atoms with Crippen molar-refractivity contribution in [3.63, 3.8) is 0 Å². The van der Waals surface area contributed by atoms with Crippen molar-refractivity contribution < 1.29 is 4.52 Å². The zero-order valence-corrected chi connectivity index (χ0v) is 8.69. The first-order valence-corrected chi connectivity index (χ1v) is 4.71. The molecule has 74 valence electrons. The summed E-state index contributed by atoms with van der Waals surface area (Å²) in [6, 6.07) is 8.22. The molecule has 1 heterocycles. The van der Waals surface area contributed by atoms with E-state index in [2.05, 4.69) is 17.0 Å². The summed E-state index contributed by atoms with van der Waals surface area (Å²) in [6.07, 6.45) is 0. The molecule has 1 aromatic heterocycles. The highest BCUT2D eigenvalue weighted by Crippen LogP contribution is 2.25. The second kappa shape index (κ2) is 3.42. The average molecular weight is 190 g/mol. The van der Waals surface area contributed by atoms with Gasteiger partial charge in [0.1, 0.15) is 5.69 Å². The van der Waals surface area contributed by atoms with Crippen molar-refractivity contribution in [2.75, 3.05) is 14.1 Å². The van der Waals surface area contributed by atoms with Crippen LogP contribution in [0.2, 0.25) is 0 Å². The van der Waals surface area contributed by atoms with Gasteiger partial charge >= 0.3 is 0 Å². The van der Waals surface area contributed by atoms with Gasteiger partial charge in [-0.1, -0.05) is 17.3 Å². The predicted molar refractivity (Wildman–Crippen MR) is 56.1 cm³/mol. The maximum atomic E-state index is 5.24. The number of hydrogen-bond acceptors (Lipinski definition) is 3. The van der Waals surface area contributed by atoms with Gasteiger partial charge in [0, 0.05) is 5.39 Å². The number of benzene rings is 1. The fourth-order valence-corrected chi connectivity index (χ4v) is 1.45. The Hall–Kier alpha value is -1.35. The van der Waals surface area contributed by atoms with Gasteiger partial charge in [-0.2, -0.15) is 0 Å². The van der Waals surface area contributed by atoms with Crippen LogP contribution in [-0.4, -0.2) is 24.2 Å². The number of hydrogen-bond donors (Lipinski definition) is 0. The van der Waals surface area contributed by atoms with Gasteiger partial charge in [-0.25, -0.2) is 0 Å². The van der Waals surface area contributed by atoms with E-state index in [0.29, 0.717) is 0 Å². The molecule has 0 aliphatic carbocycles. The van der Waals surface area contributed by atoms with Crippen LogP contribution in [0.15, 0.2) is 28.8 Å². The summed E-state index contributed by atoms with van der Waals surface area (Å²) in [6.45, 7) is 2.12. The highest BCUT2D eigenvalue weighted by molar-refractivity contribution is 5.79. The van der Waals surface area contributed by atoms with E-state index in [-0.39, 0.29) is 6.04 Å². The van der Waals surface area contributed by atoms with E-state index < -0.39 is 0 Å². The van der Waals surface area contributed by atoms with Crippen LogP contribution in [0, 0.1) is 0 Å². The number of rotatable bonds is 2. The minimum atomic E-state index is 0.277. The Morgan fingerprint density at radius 2 is 2.00 bits per heavy atom. The fourth-order valence-electron chi connectivity index (χ4n) is 1.45. The second-order valence-corrected chi connectivity index (χ2v) is 3.70. The van der Waals surface area contributed by atoms with Crippen LogP contribution in [0.25, 0.3) is 11.0 Å². The standard InChI is InChI=1S/C11H14N2O/c1-8(13(2)3)11-9-6-4-5-7-10(9)14-12-11/h4-8H,1-3H3.